The van der Waals surface area contributed by atoms with Gasteiger partial charge in [-0.2, -0.15) is 0 Å². The van der Waals surface area contributed by atoms with E-state index in [9.17, 15) is 9.59 Å². The van der Waals surface area contributed by atoms with Crippen LogP contribution in [0, 0.1) is 5.92 Å². The Morgan fingerprint density at radius 3 is 2.36 bits per heavy atom. The van der Waals surface area contributed by atoms with Crippen LogP contribution in [0.25, 0.3) is 0 Å². The van der Waals surface area contributed by atoms with E-state index >= 15 is 0 Å². The molecule has 0 aromatic heterocycles. The summed E-state index contributed by atoms with van der Waals surface area (Å²) >= 11 is 0. The third-order valence-corrected chi connectivity index (χ3v) is 1.52. The third kappa shape index (κ3) is 7.03. The largest absolute Gasteiger partial charge is 0.370 e. The number of ketones is 1. The van der Waals surface area contributed by atoms with Crippen LogP contribution >= 0.6 is 0 Å². The lowest BCUT2D eigenvalue weighted by Crippen LogP contribution is -2.12. The fraction of sp³-hybridized carbons (Fsp3) is 0.750. The highest BCUT2D eigenvalue weighted by Crippen LogP contribution is 2.09. The normalized spacial score (nSPS) is 12.5. The van der Waals surface area contributed by atoms with Gasteiger partial charge in [0.05, 0.1) is 0 Å². The molecule has 0 saturated carbocycles. The minimum absolute atomic E-state index is 0.168. The predicted octanol–water partition coefficient (Wildman–Crippen LogP) is 0.867. The van der Waals surface area contributed by atoms with Crippen molar-refractivity contribution in [2.75, 3.05) is 0 Å². The monoisotopic (exact) mass is 157 g/mol. The molecule has 0 aliphatic carbocycles. The van der Waals surface area contributed by atoms with Crippen LogP contribution in [0.4, 0.5) is 0 Å². The Bertz CT molecular complexity index is 154. The van der Waals surface area contributed by atoms with E-state index in [1.54, 1.807) is 6.92 Å². The predicted molar refractivity (Wildman–Crippen MR) is 42.9 cm³/mol. The molecular weight excluding hydrogens is 142 g/mol. The molecule has 2 N–H and O–H groups in total. The maximum absolute atomic E-state index is 10.6. The molecule has 1 amide bonds. The van der Waals surface area contributed by atoms with Crippen molar-refractivity contribution in [3.05, 3.63) is 0 Å². The van der Waals surface area contributed by atoms with Crippen molar-refractivity contribution >= 4 is 11.7 Å². The summed E-state index contributed by atoms with van der Waals surface area (Å²) in [7, 11) is 0. The van der Waals surface area contributed by atoms with Crippen LogP contribution in [0.2, 0.25) is 0 Å². The Morgan fingerprint density at radius 2 is 2.00 bits per heavy atom. The summed E-state index contributed by atoms with van der Waals surface area (Å²) < 4.78 is 0. The average Bonchev–Trinajstić information content (AvgIpc) is 1.82. The number of primary amides is 1. The van der Waals surface area contributed by atoms with Gasteiger partial charge in [-0.05, 0) is 19.3 Å². The first-order valence-electron chi connectivity index (χ1n) is 3.80. The van der Waals surface area contributed by atoms with Gasteiger partial charge in [0.25, 0.3) is 0 Å². The van der Waals surface area contributed by atoms with Crippen molar-refractivity contribution in [1.82, 2.24) is 0 Å². The van der Waals surface area contributed by atoms with Crippen molar-refractivity contribution in [1.29, 1.82) is 0 Å². The van der Waals surface area contributed by atoms with Crippen molar-refractivity contribution in [3.63, 3.8) is 0 Å². The zero-order valence-electron chi connectivity index (χ0n) is 7.09. The lowest BCUT2D eigenvalue weighted by atomic mass is 10.00. The molecule has 3 nitrogen and oxygen atoms in total. The number of nitrogens with two attached hydrogens (primary N) is 1. The standard InChI is InChI=1S/C8H15NO2/c1-6(5-7(2)10)3-4-8(9)11/h6H,3-5H2,1-2H3,(H2,9,11)/t6-/m1/s1. The number of carbonyl (C=O) groups excluding carboxylic acids is 2. The fourth-order valence-corrected chi connectivity index (χ4v) is 0.981. The molecule has 0 saturated heterocycles. The molecule has 64 valence electrons. The molecule has 0 fully saturated rings. The van der Waals surface area contributed by atoms with Crippen molar-refractivity contribution in [2.24, 2.45) is 11.7 Å². The van der Waals surface area contributed by atoms with Gasteiger partial charge in [0.15, 0.2) is 0 Å². The van der Waals surface area contributed by atoms with E-state index in [2.05, 4.69) is 0 Å². The molecule has 1 atom stereocenters. The molecule has 0 rings (SSSR count). The first kappa shape index (κ1) is 10.1. The van der Waals surface area contributed by atoms with Gasteiger partial charge in [0, 0.05) is 12.8 Å². The van der Waals surface area contributed by atoms with Gasteiger partial charge in [0.1, 0.15) is 5.78 Å². The van der Waals surface area contributed by atoms with Crippen LogP contribution in [0.5, 0.6) is 0 Å². The van der Waals surface area contributed by atoms with E-state index in [1.165, 1.54) is 0 Å². The van der Waals surface area contributed by atoms with Crippen LogP contribution in [-0.2, 0) is 9.59 Å². The van der Waals surface area contributed by atoms with Crippen LogP contribution in [0.1, 0.15) is 33.1 Å². The molecule has 0 aromatic rings. The molecular formula is C8H15NO2. The fourth-order valence-electron chi connectivity index (χ4n) is 0.981. The summed E-state index contributed by atoms with van der Waals surface area (Å²) in [5, 5.41) is 0. The summed E-state index contributed by atoms with van der Waals surface area (Å²) in [5.41, 5.74) is 4.95. The number of hydrogen-bond acceptors (Lipinski definition) is 2. The van der Waals surface area contributed by atoms with E-state index < -0.39 is 0 Å². The third-order valence-electron chi connectivity index (χ3n) is 1.52. The van der Waals surface area contributed by atoms with Crippen LogP contribution in [-0.4, -0.2) is 11.7 Å². The first-order valence-corrected chi connectivity index (χ1v) is 3.80. The van der Waals surface area contributed by atoms with Gasteiger partial charge in [-0.15, -0.1) is 0 Å². The Labute approximate surface area is 67.0 Å². The Hall–Kier alpha value is -0.860. The van der Waals surface area contributed by atoms with Crippen molar-refractivity contribution < 1.29 is 9.59 Å². The van der Waals surface area contributed by atoms with Gasteiger partial charge in [0.2, 0.25) is 5.91 Å². The van der Waals surface area contributed by atoms with Crippen LogP contribution < -0.4 is 5.73 Å². The highest BCUT2D eigenvalue weighted by molar-refractivity contribution is 5.76. The van der Waals surface area contributed by atoms with E-state index in [0.29, 0.717) is 12.8 Å². The number of amides is 1. The Kier molecular flexibility index (Phi) is 4.50. The summed E-state index contributed by atoms with van der Waals surface area (Å²) in [6.45, 7) is 3.51. The summed E-state index contributed by atoms with van der Waals surface area (Å²) in [6, 6.07) is 0. The van der Waals surface area contributed by atoms with Gasteiger partial charge in [-0.25, -0.2) is 0 Å². The molecule has 11 heavy (non-hydrogen) atoms. The highest BCUT2D eigenvalue weighted by Gasteiger charge is 2.06. The van der Waals surface area contributed by atoms with Gasteiger partial charge in [-0.1, -0.05) is 6.92 Å². The van der Waals surface area contributed by atoms with E-state index in [0.717, 1.165) is 6.42 Å². The lowest BCUT2D eigenvalue weighted by Gasteiger charge is -2.05. The molecule has 0 spiro atoms. The molecule has 0 aliphatic heterocycles. The van der Waals surface area contributed by atoms with Crippen LogP contribution in [0.15, 0.2) is 0 Å². The average molecular weight is 157 g/mol. The molecule has 0 heterocycles. The second kappa shape index (κ2) is 4.88. The molecule has 3 heteroatoms. The highest BCUT2D eigenvalue weighted by atomic mass is 16.1. The molecule has 0 aromatic carbocycles. The maximum atomic E-state index is 10.6. The molecule has 0 aliphatic rings. The zero-order chi connectivity index (χ0) is 8.85. The summed E-state index contributed by atoms with van der Waals surface area (Å²) in [4.78, 5) is 20.9. The van der Waals surface area contributed by atoms with E-state index in [1.807, 2.05) is 6.92 Å². The van der Waals surface area contributed by atoms with Gasteiger partial charge in [-0.3, -0.25) is 4.79 Å². The number of carbonyl (C=O) groups is 2. The topological polar surface area (TPSA) is 60.2 Å². The smallest absolute Gasteiger partial charge is 0.217 e. The second-order valence-corrected chi connectivity index (χ2v) is 3.02. The summed E-state index contributed by atoms with van der Waals surface area (Å²) in [6.07, 6.45) is 1.65. The van der Waals surface area contributed by atoms with E-state index in [4.69, 9.17) is 5.73 Å². The number of Topliss-reactive ketones (excluding diaryl/α,β-unsaturated/α-hetero) is 1. The lowest BCUT2D eigenvalue weighted by molar-refractivity contribution is -0.120. The molecule has 0 radical (unpaired) electrons. The quantitative estimate of drug-likeness (QED) is 0.643. The number of hydrogen-bond donors (Lipinski definition) is 1. The Balaban J connectivity index is 3.44. The number of rotatable bonds is 5. The maximum Gasteiger partial charge on any atom is 0.217 e. The van der Waals surface area contributed by atoms with Crippen LogP contribution in [0.3, 0.4) is 0 Å². The zero-order valence-corrected chi connectivity index (χ0v) is 7.09. The van der Waals surface area contributed by atoms with E-state index in [-0.39, 0.29) is 17.6 Å². The Morgan fingerprint density at radius 1 is 1.45 bits per heavy atom. The minimum atomic E-state index is -0.291. The summed E-state index contributed by atoms with van der Waals surface area (Å²) in [5.74, 6) is 0.155. The second-order valence-electron chi connectivity index (χ2n) is 3.02. The van der Waals surface area contributed by atoms with Crippen molar-refractivity contribution in [2.45, 2.75) is 33.1 Å². The first-order chi connectivity index (χ1) is 5.02. The molecule has 0 bridgehead atoms. The minimum Gasteiger partial charge on any atom is -0.370 e. The van der Waals surface area contributed by atoms with Gasteiger partial charge >= 0.3 is 0 Å². The molecule has 0 unspecified atom stereocenters. The van der Waals surface area contributed by atoms with Crippen molar-refractivity contribution in [3.8, 4) is 0 Å². The SMILES string of the molecule is CC(=O)C[C@H](C)CCC(N)=O. The van der Waals surface area contributed by atoms with Gasteiger partial charge < -0.3 is 10.5 Å².